The van der Waals surface area contributed by atoms with Crippen LogP contribution in [0.25, 0.3) is 16.6 Å². The van der Waals surface area contributed by atoms with Gasteiger partial charge in [0.2, 0.25) is 0 Å². The number of benzene rings is 3. The number of nitrogens with zero attached hydrogens (tertiary/aromatic N) is 4. The summed E-state index contributed by atoms with van der Waals surface area (Å²) in [6.45, 7) is 6.94. The second-order valence-corrected chi connectivity index (χ2v) is 11.4. The molecule has 0 radical (unpaired) electrons. The molecule has 0 spiro atoms. The van der Waals surface area contributed by atoms with E-state index in [1.165, 1.54) is 23.1 Å². The van der Waals surface area contributed by atoms with Crippen molar-refractivity contribution >= 4 is 28.5 Å². The molecule has 0 atom stereocenters. The number of carbonyl (C=O) groups excluding carboxylic acids is 1. The number of halogens is 2. The van der Waals surface area contributed by atoms with Crippen LogP contribution in [-0.4, -0.2) is 77.7 Å². The number of ether oxygens (including phenoxy) is 1. The summed E-state index contributed by atoms with van der Waals surface area (Å²) in [4.78, 5) is 19.3. The lowest BCUT2D eigenvalue weighted by atomic mass is 9.89. The molecule has 6 rings (SSSR count). The molecule has 6 nitrogen and oxygen atoms in total. The summed E-state index contributed by atoms with van der Waals surface area (Å²) >= 11 is 6.36. The van der Waals surface area contributed by atoms with Gasteiger partial charge in [0, 0.05) is 55.0 Å². The number of hydrogen-bond acceptors (Lipinski definition) is 3. The summed E-state index contributed by atoms with van der Waals surface area (Å²) < 4.78 is 21.5. The first-order valence-corrected chi connectivity index (χ1v) is 14.9. The van der Waals surface area contributed by atoms with Gasteiger partial charge in [-0.05, 0) is 79.4 Å². The number of piperidine rings is 1. The number of urea groups is 1. The van der Waals surface area contributed by atoms with Crippen molar-refractivity contribution in [1.29, 1.82) is 0 Å². The van der Waals surface area contributed by atoms with Crippen molar-refractivity contribution in [3.8, 4) is 5.69 Å². The van der Waals surface area contributed by atoms with E-state index in [-0.39, 0.29) is 11.8 Å². The minimum Gasteiger partial charge on any atom is -0.375 e. The molecule has 2 aliphatic heterocycles. The van der Waals surface area contributed by atoms with Crippen LogP contribution >= 0.6 is 11.6 Å². The summed E-state index contributed by atoms with van der Waals surface area (Å²) in [6, 6.07) is 22.9. The lowest BCUT2D eigenvalue weighted by Crippen LogP contribution is -2.41. The molecule has 3 aromatic carbocycles. The lowest BCUT2D eigenvalue weighted by molar-refractivity contribution is 0.102. The molecule has 41 heavy (non-hydrogen) atoms. The highest BCUT2D eigenvalue weighted by Gasteiger charge is 2.29. The molecule has 0 bridgehead atoms. The van der Waals surface area contributed by atoms with Gasteiger partial charge in [0.15, 0.2) is 0 Å². The molecular weight excluding hydrogens is 539 g/mol. The van der Waals surface area contributed by atoms with E-state index in [1.54, 1.807) is 12.1 Å². The van der Waals surface area contributed by atoms with E-state index in [2.05, 4.69) is 21.7 Å². The number of fused-ring (bicyclic) bond motifs is 1. The summed E-state index contributed by atoms with van der Waals surface area (Å²) in [5, 5.41) is 1.89. The second-order valence-electron chi connectivity index (χ2n) is 11.0. The Morgan fingerprint density at radius 3 is 2.34 bits per heavy atom. The Hall–Kier alpha value is -3.39. The molecule has 1 aromatic heterocycles. The van der Waals surface area contributed by atoms with Crippen molar-refractivity contribution in [2.75, 3.05) is 52.4 Å². The molecular formula is C33H36ClFN4O2. The first-order valence-electron chi connectivity index (χ1n) is 14.5. The molecule has 2 saturated heterocycles. The normalized spacial score (nSPS) is 16.8. The van der Waals surface area contributed by atoms with Crippen LogP contribution in [0.1, 0.15) is 29.9 Å². The Labute approximate surface area is 245 Å². The van der Waals surface area contributed by atoms with E-state index >= 15 is 0 Å². The molecule has 2 amide bonds. The summed E-state index contributed by atoms with van der Waals surface area (Å²) in [5.74, 6) is 0.198. The first kappa shape index (κ1) is 27.8. The number of rotatable bonds is 10. The smallest absolute Gasteiger partial charge is 0.320 e. The Morgan fingerprint density at radius 1 is 0.854 bits per heavy atom. The van der Waals surface area contributed by atoms with Gasteiger partial charge in [-0.25, -0.2) is 9.18 Å². The van der Waals surface area contributed by atoms with Crippen molar-refractivity contribution in [1.82, 2.24) is 19.3 Å². The maximum Gasteiger partial charge on any atom is 0.320 e. The van der Waals surface area contributed by atoms with Crippen LogP contribution in [-0.2, 0) is 11.3 Å². The minimum atomic E-state index is -0.243. The predicted octanol–water partition coefficient (Wildman–Crippen LogP) is 6.56. The zero-order chi connectivity index (χ0) is 28.2. The van der Waals surface area contributed by atoms with E-state index in [9.17, 15) is 9.18 Å². The monoisotopic (exact) mass is 574 g/mol. The molecule has 2 fully saturated rings. The van der Waals surface area contributed by atoms with Crippen LogP contribution in [0.15, 0.2) is 79.0 Å². The Balaban J connectivity index is 0.998. The third-order valence-electron chi connectivity index (χ3n) is 8.41. The fourth-order valence-corrected chi connectivity index (χ4v) is 6.25. The molecule has 4 aromatic rings. The van der Waals surface area contributed by atoms with Gasteiger partial charge in [-0.1, -0.05) is 48.0 Å². The highest BCUT2D eigenvalue weighted by atomic mass is 35.5. The van der Waals surface area contributed by atoms with Gasteiger partial charge in [-0.2, -0.15) is 0 Å². The number of hydrogen-bond donors (Lipinski definition) is 0. The Bertz CT molecular complexity index is 1470. The van der Waals surface area contributed by atoms with E-state index in [0.717, 1.165) is 68.9 Å². The third-order valence-corrected chi connectivity index (χ3v) is 8.65. The second kappa shape index (κ2) is 12.6. The average molecular weight is 575 g/mol. The fourth-order valence-electron chi connectivity index (χ4n) is 6.08. The molecule has 8 heteroatoms. The number of carbonyl (C=O) groups is 1. The van der Waals surface area contributed by atoms with Crippen LogP contribution in [0.4, 0.5) is 9.18 Å². The van der Waals surface area contributed by atoms with E-state index < -0.39 is 0 Å². The van der Waals surface area contributed by atoms with Crippen LogP contribution in [0.5, 0.6) is 0 Å². The maximum atomic E-state index is 13.6. The fraction of sp³-hybridized carbons (Fsp3) is 0.364. The van der Waals surface area contributed by atoms with Crippen molar-refractivity contribution < 1.29 is 13.9 Å². The van der Waals surface area contributed by atoms with E-state index in [4.69, 9.17) is 16.3 Å². The minimum absolute atomic E-state index is 0.121. The molecule has 0 saturated carbocycles. The molecule has 0 N–H and O–H groups in total. The SMILES string of the molecule is O=C1N(CCOCc2ccccc2)CCN1CCN1CCC(c2cn(-c3ccc(F)cc3)c3cc(Cl)ccc23)CC1. The highest BCUT2D eigenvalue weighted by molar-refractivity contribution is 6.31. The van der Waals surface area contributed by atoms with Crippen molar-refractivity contribution in [2.24, 2.45) is 0 Å². The van der Waals surface area contributed by atoms with Gasteiger partial charge in [0.1, 0.15) is 5.82 Å². The molecule has 2 aliphatic rings. The molecule has 3 heterocycles. The van der Waals surface area contributed by atoms with Crippen LogP contribution in [0, 0.1) is 5.82 Å². The van der Waals surface area contributed by atoms with Crippen LogP contribution < -0.4 is 0 Å². The Kier molecular flexibility index (Phi) is 8.56. The molecule has 0 unspecified atom stereocenters. The third kappa shape index (κ3) is 6.43. The first-order chi connectivity index (χ1) is 20.0. The van der Waals surface area contributed by atoms with Gasteiger partial charge in [0.05, 0.1) is 18.7 Å². The summed E-state index contributed by atoms with van der Waals surface area (Å²) in [5.41, 5.74) is 4.44. The van der Waals surface area contributed by atoms with Gasteiger partial charge in [-0.15, -0.1) is 0 Å². The van der Waals surface area contributed by atoms with Crippen molar-refractivity contribution in [3.63, 3.8) is 0 Å². The number of aromatic nitrogens is 1. The Morgan fingerprint density at radius 2 is 1.59 bits per heavy atom. The van der Waals surface area contributed by atoms with Gasteiger partial charge in [-0.3, -0.25) is 0 Å². The zero-order valence-corrected chi connectivity index (χ0v) is 24.0. The lowest BCUT2D eigenvalue weighted by Gasteiger charge is -2.33. The predicted molar refractivity (Wildman–Crippen MR) is 161 cm³/mol. The van der Waals surface area contributed by atoms with Crippen molar-refractivity contribution in [3.05, 3.63) is 101 Å². The quantitative estimate of drug-likeness (QED) is 0.202. The summed E-state index contributed by atoms with van der Waals surface area (Å²) in [7, 11) is 0. The molecule has 214 valence electrons. The van der Waals surface area contributed by atoms with Crippen LogP contribution in [0.3, 0.4) is 0 Å². The standard InChI is InChI=1S/C33H36ClFN4O2/c34-27-6-11-30-31(23-39(32(30)22-27)29-9-7-28(35)8-10-29)26-12-14-36(15-13-26)16-17-37-18-19-38(33(37)40)20-21-41-24-25-4-2-1-3-5-25/h1-11,22-23,26H,12-21,24H2. The van der Waals surface area contributed by atoms with E-state index in [1.807, 2.05) is 52.3 Å². The highest BCUT2D eigenvalue weighted by Crippen LogP contribution is 2.36. The summed E-state index contributed by atoms with van der Waals surface area (Å²) in [6.07, 6.45) is 4.32. The zero-order valence-electron chi connectivity index (χ0n) is 23.2. The van der Waals surface area contributed by atoms with Gasteiger partial charge < -0.3 is 24.0 Å². The number of amides is 2. The molecule has 0 aliphatic carbocycles. The maximum absolute atomic E-state index is 13.6. The van der Waals surface area contributed by atoms with Crippen molar-refractivity contribution in [2.45, 2.75) is 25.4 Å². The topological polar surface area (TPSA) is 41.0 Å². The number of likely N-dealkylation sites (tertiary alicyclic amines) is 1. The average Bonchev–Trinajstić information content (AvgIpc) is 3.55. The van der Waals surface area contributed by atoms with Gasteiger partial charge in [0.25, 0.3) is 0 Å². The van der Waals surface area contributed by atoms with E-state index in [0.29, 0.717) is 30.7 Å². The van der Waals surface area contributed by atoms with Crippen LogP contribution in [0.2, 0.25) is 5.02 Å². The largest absolute Gasteiger partial charge is 0.375 e. The van der Waals surface area contributed by atoms with Gasteiger partial charge >= 0.3 is 6.03 Å².